The van der Waals surface area contributed by atoms with Gasteiger partial charge in [0.1, 0.15) is 12.1 Å². The highest BCUT2D eigenvalue weighted by Gasteiger charge is 2.24. The number of rotatable bonds is 4. The Morgan fingerprint density at radius 3 is 2.70 bits per heavy atom. The summed E-state index contributed by atoms with van der Waals surface area (Å²) >= 11 is 0. The van der Waals surface area contributed by atoms with Crippen molar-refractivity contribution in [2.75, 3.05) is 13.1 Å². The predicted octanol–water partition coefficient (Wildman–Crippen LogP) is 2.60. The lowest BCUT2D eigenvalue weighted by Crippen LogP contribution is -2.38. The summed E-state index contributed by atoms with van der Waals surface area (Å²) in [5.41, 5.74) is 10.3. The summed E-state index contributed by atoms with van der Waals surface area (Å²) in [7, 11) is 0. The van der Waals surface area contributed by atoms with Gasteiger partial charge in [0.2, 0.25) is 5.91 Å². The van der Waals surface area contributed by atoms with Crippen molar-refractivity contribution in [2.45, 2.75) is 33.2 Å². The number of amides is 1. The van der Waals surface area contributed by atoms with Crippen molar-refractivity contribution >= 4 is 16.8 Å². The van der Waals surface area contributed by atoms with Crippen molar-refractivity contribution in [1.82, 2.24) is 20.0 Å². The van der Waals surface area contributed by atoms with Gasteiger partial charge in [-0.3, -0.25) is 9.69 Å². The maximum absolute atomic E-state index is 11.4. The molecule has 27 heavy (non-hydrogen) atoms. The van der Waals surface area contributed by atoms with E-state index in [1.165, 1.54) is 0 Å². The van der Waals surface area contributed by atoms with Crippen LogP contribution in [-0.2, 0) is 11.3 Å². The fourth-order valence-corrected chi connectivity index (χ4v) is 3.87. The average molecular weight is 365 g/mol. The Morgan fingerprint density at radius 2 is 2.04 bits per heavy atom. The number of benzene rings is 1. The lowest BCUT2D eigenvalue weighted by molar-refractivity contribution is -0.123. The molecule has 7 nitrogen and oxygen atoms in total. The average Bonchev–Trinajstić information content (AvgIpc) is 3.00. The summed E-state index contributed by atoms with van der Waals surface area (Å²) in [6.45, 7) is 6.30. The molecular formula is C20H23N5O2. The Balaban J connectivity index is 1.63. The van der Waals surface area contributed by atoms with Crippen LogP contribution < -0.4 is 5.73 Å². The molecule has 0 aliphatic carbocycles. The van der Waals surface area contributed by atoms with E-state index in [9.17, 15) is 4.79 Å². The number of piperidine rings is 1. The van der Waals surface area contributed by atoms with E-state index in [4.69, 9.17) is 10.3 Å². The normalized spacial score (nSPS) is 16.1. The van der Waals surface area contributed by atoms with Crippen LogP contribution in [0.15, 0.2) is 29.0 Å². The number of aryl methyl sites for hydroxylation is 2. The van der Waals surface area contributed by atoms with Crippen molar-refractivity contribution in [3.63, 3.8) is 0 Å². The lowest BCUT2D eigenvalue weighted by atomic mass is 9.96. The number of carbonyl (C=O) groups excluding carboxylic acids is 1. The molecule has 3 heterocycles. The van der Waals surface area contributed by atoms with Gasteiger partial charge in [-0.25, -0.2) is 9.97 Å². The molecular weight excluding hydrogens is 342 g/mol. The van der Waals surface area contributed by atoms with Crippen LogP contribution in [0.1, 0.15) is 30.0 Å². The highest BCUT2D eigenvalue weighted by Crippen LogP contribution is 2.30. The molecule has 1 aromatic carbocycles. The van der Waals surface area contributed by atoms with Gasteiger partial charge in [-0.2, -0.15) is 0 Å². The van der Waals surface area contributed by atoms with E-state index in [0.29, 0.717) is 0 Å². The minimum Gasteiger partial charge on any atom is -0.369 e. The Morgan fingerprint density at radius 1 is 1.26 bits per heavy atom. The first-order valence-electron chi connectivity index (χ1n) is 9.21. The van der Waals surface area contributed by atoms with Crippen molar-refractivity contribution in [3.8, 4) is 11.1 Å². The van der Waals surface area contributed by atoms with E-state index < -0.39 is 0 Å². The van der Waals surface area contributed by atoms with Crippen molar-refractivity contribution in [1.29, 1.82) is 0 Å². The minimum absolute atomic E-state index is 0.00506. The molecule has 0 saturated carbocycles. The molecule has 2 aromatic heterocycles. The lowest BCUT2D eigenvalue weighted by Gasteiger charge is -2.30. The van der Waals surface area contributed by atoms with Gasteiger partial charge in [-0.1, -0.05) is 11.2 Å². The molecule has 1 amide bonds. The fraction of sp³-hybridized carbons (Fsp3) is 0.400. The van der Waals surface area contributed by atoms with Crippen LogP contribution in [0, 0.1) is 19.8 Å². The van der Waals surface area contributed by atoms with Crippen molar-refractivity contribution in [3.05, 3.63) is 41.7 Å². The third kappa shape index (κ3) is 3.42. The van der Waals surface area contributed by atoms with Gasteiger partial charge in [0.05, 0.1) is 16.9 Å². The molecule has 1 aliphatic heterocycles. The third-order valence-electron chi connectivity index (χ3n) is 5.40. The molecule has 0 atom stereocenters. The second-order valence-electron chi connectivity index (χ2n) is 7.20. The van der Waals surface area contributed by atoms with Crippen LogP contribution in [0.25, 0.3) is 22.0 Å². The zero-order valence-corrected chi connectivity index (χ0v) is 15.6. The maximum atomic E-state index is 11.4. The number of fused-ring (bicyclic) bond motifs is 1. The summed E-state index contributed by atoms with van der Waals surface area (Å²) < 4.78 is 5.32. The number of hydrogen-bond acceptors (Lipinski definition) is 6. The number of primary amides is 1. The van der Waals surface area contributed by atoms with Gasteiger partial charge in [0.15, 0.2) is 0 Å². The molecule has 2 N–H and O–H groups in total. The summed E-state index contributed by atoms with van der Waals surface area (Å²) in [6.07, 6.45) is 3.23. The van der Waals surface area contributed by atoms with Gasteiger partial charge < -0.3 is 10.3 Å². The van der Waals surface area contributed by atoms with Gasteiger partial charge in [0, 0.05) is 23.4 Å². The first-order chi connectivity index (χ1) is 13.0. The third-order valence-corrected chi connectivity index (χ3v) is 5.40. The van der Waals surface area contributed by atoms with Crippen molar-refractivity contribution < 1.29 is 9.32 Å². The van der Waals surface area contributed by atoms with Gasteiger partial charge in [0.25, 0.3) is 0 Å². The quantitative estimate of drug-likeness (QED) is 0.763. The predicted molar refractivity (Wildman–Crippen MR) is 102 cm³/mol. The SMILES string of the molecule is Cc1noc(C)c1-c1ccc2ncnc(CN3CCC(C(N)=O)CC3)c2c1. The van der Waals surface area contributed by atoms with Gasteiger partial charge in [-0.15, -0.1) is 0 Å². The number of carbonyl (C=O) groups is 1. The monoisotopic (exact) mass is 365 g/mol. The molecule has 3 aromatic rings. The molecule has 0 unspecified atom stereocenters. The zero-order chi connectivity index (χ0) is 19.0. The summed E-state index contributed by atoms with van der Waals surface area (Å²) in [5, 5.41) is 5.09. The van der Waals surface area contributed by atoms with Gasteiger partial charge >= 0.3 is 0 Å². The molecule has 1 fully saturated rings. The summed E-state index contributed by atoms with van der Waals surface area (Å²) in [5.74, 6) is 0.611. The van der Waals surface area contributed by atoms with E-state index >= 15 is 0 Å². The van der Waals surface area contributed by atoms with E-state index in [0.717, 1.165) is 71.7 Å². The number of hydrogen-bond donors (Lipinski definition) is 1. The highest BCUT2D eigenvalue weighted by molar-refractivity contribution is 5.86. The number of nitrogens with two attached hydrogens (primary N) is 1. The molecule has 1 saturated heterocycles. The van der Waals surface area contributed by atoms with Crippen LogP contribution in [0.3, 0.4) is 0 Å². The Hall–Kier alpha value is -2.80. The molecule has 4 rings (SSSR count). The Bertz CT molecular complexity index is 970. The summed E-state index contributed by atoms with van der Waals surface area (Å²) in [4.78, 5) is 22.6. The van der Waals surface area contributed by atoms with Crippen LogP contribution in [0.4, 0.5) is 0 Å². The number of aromatic nitrogens is 3. The van der Waals surface area contributed by atoms with E-state index in [1.807, 2.05) is 26.0 Å². The standard InChI is InChI=1S/C20H23N5O2/c1-12-19(13(2)27-24-12)15-3-4-17-16(9-15)18(23-11-22-17)10-25-7-5-14(6-8-25)20(21)26/h3-4,9,11,14H,5-8,10H2,1-2H3,(H2,21,26). The van der Waals surface area contributed by atoms with Gasteiger partial charge in [-0.05, 0) is 57.5 Å². The van der Waals surface area contributed by atoms with Crippen LogP contribution in [-0.4, -0.2) is 39.0 Å². The molecule has 0 bridgehead atoms. The molecule has 0 radical (unpaired) electrons. The number of nitrogens with zero attached hydrogens (tertiary/aromatic N) is 4. The Kier molecular flexibility index (Phi) is 4.61. The van der Waals surface area contributed by atoms with E-state index in [2.05, 4.69) is 26.1 Å². The molecule has 140 valence electrons. The zero-order valence-electron chi connectivity index (χ0n) is 15.6. The van der Waals surface area contributed by atoms with E-state index in [1.54, 1.807) is 6.33 Å². The first-order valence-corrected chi connectivity index (χ1v) is 9.21. The minimum atomic E-state index is -0.189. The topological polar surface area (TPSA) is 98.1 Å². The van der Waals surface area contributed by atoms with Crippen LogP contribution >= 0.6 is 0 Å². The van der Waals surface area contributed by atoms with Crippen LogP contribution in [0.2, 0.25) is 0 Å². The smallest absolute Gasteiger partial charge is 0.220 e. The Labute approximate surface area is 157 Å². The second kappa shape index (κ2) is 7.08. The van der Waals surface area contributed by atoms with Crippen LogP contribution in [0.5, 0.6) is 0 Å². The van der Waals surface area contributed by atoms with Crippen molar-refractivity contribution in [2.24, 2.45) is 11.7 Å². The highest BCUT2D eigenvalue weighted by atomic mass is 16.5. The summed E-state index contributed by atoms with van der Waals surface area (Å²) in [6, 6.07) is 6.18. The molecule has 7 heteroatoms. The fourth-order valence-electron chi connectivity index (χ4n) is 3.87. The molecule has 1 aliphatic rings. The van der Waals surface area contributed by atoms with E-state index in [-0.39, 0.29) is 11.8 Å². The maximum Gasteiger partial charge on any atom is 0.220 e. The number of likely N-dealkylation sites (tertiary alicyclic amines) is 1. The first kappa shape index (κ1) is 17.6. The molecule has 0 spiro atoms. The largest absolute Gasteiger partial charge is 0.369 e. The second-order valence-corrected chi connectivity index (χ2v) is 7.20.